The third-order valence-corrected chi connectivity index (χ3v) is 5.95. The molecule has 36 heavy (non-hydrogen) atoms. The molecule has 0 aliphatic rings. The maximum absolute atomic E-state index is 13.2. The minimum atomic E-state index is -0.220. The van der Waals surface area contributed by atoms with Gasteiger partial charge in [-0.25, -0.2) is 4.98 Å². The highest BCUT2D eigenvalue weighted by Gasteiger charge is 2.12. The molecule has 0 bridgehead atoms. The first kappa shape index (κ1) is 25.1. The van der Waals surface area contributed by atoms with Gasteiger partial charge in [-0.05, 0) is 61.4 Å². The smallest absolute Gasteiger partial charge is 0.282 e. The minimum absolute atomic E-state index is 0.220. The highest BCUT2D eigenvalue weighted by atomic mass is 79.9. The number of nitrogens with zero attached hydrogens (tertiary/aromatic N) is 4. The van der Waals surface area contributed by atoms with Crippen molar-refractivity contribution in [2.75, 3.05) is 6.61 Å². The lowest BCUT2D eigenvalue weighted by Crippen LogP contribution is -2.22. The maximum Gasteiger partial charge on any atom is 0.282 e. The highest BCUT2D eigenvalue weighted by Crippen LogP contribution is 2.29. The number of aryl methyl sites for hydroxylation is 1. The Morgan fingerprint density at radius 2 is 1.92 bits per heavy atom. The second kappa shape index (κ2) is 11.6. The Bertz CT molecular complexity index is 1520. The molecule has 0 atom stereocenters. The van der Waals surface area contributed by atoms with Crippen LogP contribution in [0.15, 0.2) is 75.0 Å². The van der Waals surface area contributed by atoms with Crippen LogP contribution >= 0.6 is 15.9 Å². The molecule has 0 saturated carbocycles. The Kier molecular flexibility index (Phi) is 8.13. The van der Waals surface area contributed by atoms with Gasteiger partial charge >= 0.3 is 0 Å². The molecular formula is C28H25BrN4O3. The van der Waals surface area contributed by atoms with E-state index < -0.39 is 0 Å². The van der Waals surface area contributed by atoms with Gasteiger partial charge in [0.15, 0.2) is 11.5 Å². The fourth-order valence-corrected chi connectivity index (χ4v) is 4.09. The first-order chi connectivity index (χ1) is 17.5. The lowest BCUT2D eigenvalue weighted by atomic mass is 10.1. The lowest BCUT2D eigenvalue weighted by Gasteiger charge is -2.13. The minimum Gasteiger partial charge on any atom is -0.490 e. The molecular weight excluding hydrogens is 520 g/mol. The standard InChI is InChI=1S/C28H25BrN4O3/c1-3-7-27-32-24-12-11-22(29)15-23(24)28(34)33(27)31-17-19-10-13-25(26(14-19)35-4-2)36-18-21-9-6-5-8-20(21)16-30/h5-6,8-15,17H,3-4,7,18H2,1-2H3. The summed E-state index contributed by atoms with van der Waals surface area (Å²) >= 11 is 3.43. The number of aromatic nitrogens is 2. The van der Waals surface area contributed by atoms with Gasteiger partial charge in [0.2, 0.25) is 0 Å². The van der Waals surface area contributed by atoms with Crippen molar-refractivity contribution in [1.82, 2.24) is 9.66 Å². The summed E-state index contributed by atoms with van der Waals surface area (Å²) in [7, 11) is 0. The zero-order valence-corrected chi connectivity index (χ0v) is 21.7. The second-order valence-electron chi connectivity index (χ2n) is 8.00. The summed E-state index contributed by atoms with van der Waals surface area (Å²) < 4.78 is 13.9. The fraction of sp³-hybridized carbons (Fsp3) is 0.214. The van der Waals surface area contributed by atoms with Crippen LogP contribution in [-0.2, 0) is 13.0 Å². The first-order valence-electron chi connectivity index (χ1n) is 11.7. The Morgan fingerprint density at radius 1 is 1.08 bits per heavy atom. The summed E-state index contributed by atoms with van der Waals surface area (Å²) in [4.78, 5) is 17.9. The molecule has 4 rings (SSSR count). The van der Waals surface area contributed by atoms with Gasteiger partial charge in [-0.1, -0.05) is 41.1 Å². The van der Waals surface area contributed by atoms with E-state index in [-0.39, 0.29) is 12.2 Å². The first-order valence-corrected chi connectivity index (χ1v) is 12.5. The molecule has 8 heteroatoms. The van der Waals surface area contributed by atoms with Crippen LogP contribution in [0.25, 0.3) is 10.9 Å². The molecule has 0 unspecified atom stereocenters. The molecule has 0 radical (unpaired) electrons. The van der Waals surface area contributed by atoms with Gasteiger partial charge in [-0.3, -0.25) is 4.79 Å². The predicted octanol–water partition coefficient (Wildman–Crippen LogP) is 5.84. The van der Waals surface area contributed by atoms with Gasteiger partial charge in [0.25, 0.3) is 5.56 Å². The van der Waals surface area contributed by atoms with Crippen molar-refractivity contribution in [3.05, 3.63) is 98.0 Å². The molecule has 0 amide bonds. The summed E-state index contributed by atoms with van der Waals surface area (Å²) in [5, 5.41) is 14.3. The van der Waals surface area contributed by atoms with Crippen LogP contribution < -0.4 is 15.0 Å². The molecule has 0 saturated heterocycles. The molecule has 7 nitrogen and oxygen atoms in total. The Hall–Kier alpha value is -3.96. The van der Waals surface area contributed by atoms with E-state index in [4.69, 9.17) is 9.47 Å². The number of rotatable bonds is 9. The van der Waals surface area contributed by atoms with Crippen LogP contribution in [0.4, 0.5) is 0 Å². The predicted molar refractivity (Wildman–Crippen MR) is 144 cm³/mol. The monoisotopic (exact) mass is 544 g/mol. The van der Waals surface area contributed by atoms with E-state index in [1.807, 2.05) is 56.3 Å². The van der Waals surface area contributed by atoms with Crippen LogP contribution in [-0.4, -0.2) is 22.5 Å². The lowest BCUT2D eigenvalue weighted by molar-refractivity contribution is 0.269. The van der Waals surface area contributed by atoms with Crippen molar-refractivity contribution in [2.24, 2.45) is 5.10 Å². The molecule has 0 N–H and O–H groups in total. The maximum atomic E-state index is 13.2. The number of nitriles is 1. The number of hydrogen-bond acceptors (Lipinski definition) is 6. The third-order valence-electron chi connectivity index (χ3n) is 5.46. The van der Waals surface area contributed by atoms with Gasteiger partial charge in [0, 0.05) is 16.5 Å². The average molecular weight is 545 g/mol. The van der Waals surface area contributed by atoms with Crippen molar-refractivity contribution in [3.8, 4) is 17.6 Å². The number of halogens is 1. The number of benzene rings is 3. The Morgan fingerprint density at radius 3 is 2.69 bits per heavy atom. The molecule has 0 aliphatic heterocycles. The molecule has 0 fully saturated rings. The summed E-state index contributed by atoms with van der Waals surface area (Å²) in [5.41, 5.74) is 2.54. The van der Waals surface area contributed by atoms with Crippen LogP contribution in [0, 0.1) is 11.3 Å². The molecule has 182 valence electrons. The van der Waals surface area contributed by atoms with E-state index in [0.717, 1.165) is 22.0 Å². The van der Waals surface area contributed by atoms with Crippen molar-refractivity contribution in [3.63, 3.8) is 0 Å². The largest absolute Gasteiger partial charge is 0.490 e. The van der Waals surface area contributed by atoms with Gasteiger partial charge in [-0.2, -0.15) is 15.0 Å². The molecule has 3 aromatic carbocycles. The zero-order valence-electron chi connectivity index (χ0n) is 20.1. The van der Waals surface area contributed by atoms with Crippen molar-refractivity contribution >= 4 is 33.0 Å². The molecule has 4 aromatic rings. The van der Waals surface area contributed by atoms with Crippen LogP contribution in [0.3, 0.4) is 0 Å². The van der Waals surface area contributed by atoms with Crippen molar-refractivity contribution < 1.29 is 9.47 Å². The third kappa shape index (κ3) is 5.64. The average Bonchev–Trinajstić information content (AvgIpc) is 2.89. The van der Waals surface area contributed by atoms with Gasteiger partial charge < -0.3 is 9.47 Å². The van der Waals surface area contributed by atoms with E-state index in [9.17, 15) is 10.1 Å². The van der Waals surface area contributed by atoms with Gasteiger partial charge in [0.1, 0.15) is 12.4 Å². The van der Waals surface area contributed by atoms with Crippen LogP contribution in [0.1, 0.15) is 42.8 Å². The fourth-order valence-electron chi connectivity index (χ4n) is 3.73. The topological polar surface area (TPSA) is 89.5 Å². The van der Waals surface area contributed by atoms with E-state index in [2.05, 4.69) is 32.1 Å². The molecule has 1 heterocycles. The van der Waals surface area contributed by atoms with Crippen LogP contribution in [0.5, 0.6) is 11.5 Å². The van der Waals surface area contributed by atoms with Crippen LogP contribution in [0.2, 0.25) is 0 Å². The van der Waals surface area contributed by atoms with E-state index in [0.29, 0.717) is 46.8 Å². The molecule has 0 aliphatic carbocycles. The SMILES string of the molecule is CCCc1nc2ccc(Br)cc2c(=O)n1N=Cc1ccc(OCc2ccccc2C#N)c(OCC)c1. The summed E-state index contributed by atoms with van der Waals surface area (Å²) in [6.07, 6.45) is 3.07. The molecule has 1 aromatic heterocycles. The molecule has 0 spiro atoms. The Labute approximate surface area is 217 Å². The quantitative estimate of drug-likeness (QED) is 0.247. The normalized spacial score (nSPS) is 11.1. The summed E-state index contributed by atoms with van der Waals surface area (Å²) in [6, 6.07) is 20.4. The number of ether oxygens (including phenoxy) is 2. The van der Waals surface area contributed by atoms with Crippen molar-refractivity contribution in [1.29, 1.82) is 5.26 Å². The number of fused-ring (bicyclic) bond motifs is 1. The van der Waals surface area contributed by atoms with Gasteiger partial charge in [-0.15, -0.1) is 0 Å². The summed E-state index contributed by atoms with van der Waals surface area (Å²) in [6.45, 7) is 4.62. The highest BCUT2D eigenvalue weighted by molar-refractivity contribution is 9.10. The zero-order chi connectivity index (χ0) is 25.5. The van der Waals surface area contributed by atoms with E-state index in [1.54, 1.807) is 24.4 Å². The van der Waals surface area contributed by atoms with E-state index >= 15 is 0 Å². The van der Waals surface area contributed by atoms with E-state index in [1.165, 1.54) is 4.68 Å². The summed E-state index contributed by atoms with van der Waals surface area (Å²) in [5.74, 6) is 1.72. The van der Waals surface area contributed by atoms with Gasteiger partial charge in [0.05, 0.1) is 35.4 Å². The second-order valence-corrected chi connectivity index (χ2v) is 8.91. The van der Waals surface area contributed by atoms with Crippen molar-refractivity contribution in [2.45, 2.75) is 33.3 Å². The number of hydrogen-bond donors (Lipinski definition) is 0. The Balaban J connectivity index is 1.65.